The predicted molar refractivity (Wildman–Crippen MR) is 115 cm³/mol. The highest BCUT2D eigenvalue weighted by atomic mass is 35.5. The standard InChI is InChI=1S/C21H21ClN4O3/c1-25(2)12-11-19(27)24-23-13-16-14-7-3-4-8-15(14)20(28)26(21(16)29)18-10-6-5-9-17(18)22/h3-10,13,29H,11-12H2,1-2H3,(H,24,27)/b23-13+. The van der Waals surface area contributed by atoms with Crippen LogP contribution in [0.15, 0.2) is 58.4 Å². The lowest BCUT2D eigenvalue weighted by molar-refractivity contribution is -0.121. The number of amides is 1. The van der Waals surface area contributed by atoms with Gasteiger partial charge in [0.2, 0.25) is 11.8 Å². The third-order valence-corrected chi connectivity index (χ3v) is 4.69. The topological polar surface area (TPSA) is 86.9 Å². The van der Waals surface area contributed by atoms with E-state index >= 15 is 0 Å². The molecule has 0 unspecified atom stereocenters. The summed E-state index contributed by atoms with van der Waals surface area (Å²) in [4.78, 5) is 26.8. The third-order valence-electron chi connectivity index (χ3n) is 4.37. The first-order valence-electron chi connectivity index (χ1n) is 8.98. The van der Waals surface area contributed by atoms with Gasteiger partial charge in [-0.25, -0.2) is 9.99 Å². The highest BCUT2D eigenvalue weighted by molar-refractivity contribution is 6.32. The van der Waals surface area contributed by atoms with Gasteiger partial charge in [-0.2, -0.15) is 5.10 Å². The van der Waals surface area contributed by atoms with E-state index in [-0.39, 0.29) is 18.2 Å². The first-order chi connectivity index (χ1) is 13.9. The number of carbonyl (C=O) groups excluding carboxylic acids is 1. The van der Waals surface area contributed by atoms with Crippen molar-refractivity contribution in [1.82, 2.24) is 14.9 Å². The summed E-state index contributed by atoms with van der Waals surface area (Å²) in [6.45, 7) is 0.590. The molecule has 0 aliphatic rings. The van der Waals surface area contributed by atoms with E-state index in [4.69, 9.17) is 11.6 Å². The summed E-state index contributed by atoms with van der Waals surface area (Å²) in [6.07, 6.45) is 1.62. The lowest BCUT2D eigenvalue weighted by Gasteiger charge is -2.14. The largest absolute Gasteiger partial charge is 0.494 e. The molecule has 2 aromatic carbocycles. The third kappa shape index (κ3) is 4.47. The highest BCUT2D eigenvalue weighted by Gasteiger charge is 2.17. The van der Waals surface area contributed by atoms with Gasteiger partial charge in [0.15, 0.2) is 0 Å². The molecule has 2 N–H and O–H groups in total. The van der Waals surface area contributed by atoms with Gasteiger partial charge in [-0.3, -0.25) is 9.59 Å². The Morgan fingerprint density at radius 1 is 1.17 bits per heavy atom. The van der Waals surface area contributed by atoms with Gasteiger partial charge in [0.1, 0.15) is 0 Å². The van der Waals surface area contributed by atoms with Gasteiger partial charge in [0.05, 0.1) is 22.5 Å². The van der Waals surface area contributed by atoms with Crippen molar-refractivity contribution in [3.63, 3.8) is 0 Å². The number of nitrogens with one attached hydrogen (secondary N) is 1. The molecule has 8 heteroatoms. The average molecular weight is 413 g/mol. The number of fused-ring (bicyclic) bond motifs is 1. The van der Waals surface area contributed by atoms with Crippen LogP contribution in [-0.4, -0.2) is 47.3 Å². The van der Waals surface area contributed by atoms with E-state index in [1.807, 2.05) is 19.0 Å². The number of benzene rings is 2. The van der Waals surface area contributed by atoms with E-state index in [1.165, 1.54) is 6.21 Å². The number of para-hydroxylation sites is 1. The van der Waals surface area contributed by atoms with Gasteiger partial charge in [-0.1, -0.05) is 41.9 Å². The Kier molecular flexibility index (Phi) is 6.31. The Labute approximate surface area is 172 Å². The first kappa shape index (κ1) is 20.6. The van der Waals surface area contributed by atoms with Crippen molar-refractivity contribution in [3.8, 4) is 11.6 Å². The van der Waals surface area contributed by atoms with Gasteiger partial charge in [-0.05, 0) is 32.3 Å². The molecule has 3 aromatic rings. The van der Waals surface area contributed by atoms with Gasteiger partial charge in [0, 0.05) is 23.7 Å². The van der Waals surface area contributed by atoms with Crippen molar-refractivity contribution in [2.75, 3.05) is 20.6 Å². The van der Waals surface area contributed by atoms with Crippen molar-refractivity contribution in [3.05, 3.63) is 69.5 Å². The van der Waals surface area contributed by atoms with Crippen LogP contribution >= 0.6 is 11.6 Å². The van der Waals surface area contributed by atoms with Crippen LogP contribution in [0, 0.1) is 0 Å². The molecule has 0 saturated carbocycles. The summed E-state index contributed by atoms with van der Waals surface area (Å²) in [6, 6.07) is 13.6. The molecule has 150 valence electrons. The normalized spacial score (nSPS) is 11.4. The molecule has 0 atom stereocenters. The molecule has 0 saturated heterocycles. The Morgan fingerprint density at radius 3 is 2.52 bits per heavy atom. The Balaban J connectivity index is 2.08. The summed E-state index contributed by atoms with van der Waals surface area (Å²) in [5.74, 6) is -0.564. The van der Waals surface area contributed by atoms with E-state index in [2.05, 4.69) is 10.5 Å². The Hall–Kier alpha value is -3.16. The van der Waals surface area contributed by atoms with Crippen LogP contribution in [-0.2, 0) is 4.79 Å². The van der Waals surface area contributed by atoms with Crippen LogP contribution in [0.25, 0.3) is 16.5 Å². The molecule has 0 aliphatic carbocycles. The van der Waals surface area contributed by atoms with Crippen LogP contribution in [0.5, 0.6) is 5.88 Å². The first-order valence-corrected chi connectivity index (χ1v) is 9.36. The number of hydrogen-bond acceptors (Lipinski definition) is 5. The van der Waals surface area contributed by atoms with E-state index in [0.717, 1.165) is 4.57 Å². The van der Waals surface area contributed by atoms with Gasteiger partial charge < -0.3 is 10.0 Å². The summed E-state index contributed by atoms with van der Waals surface area (Å²) in [7, 11) is 3.75. The second-order valence-electron chi connectivity index (χ2n) is 6.72. The molecule has 29 heavy (non-hydrogen) atoms. The zero-order valence-electron chi connectivity index (χ0n) is 16.1. The highest BCUT2D eigenvalue weighted by Crippen LogP contribution is 2.28. The fraction of sp³-hybridized carbons (Fsp3) is 0.190. The van der Waals surface area contributed by atoms with E-state index in [0.29, 0.717) is 33.6 Å². The fourth-order valence-electron chi connectivity index (χ4n) is 2.90. The maximum atomic E-state index is 13.0. The monoisotopic (exact) mass is 412 g/mol. The number of nitrogens with zero attached hydrogens (tertiary/aromatic N) is 3. The van der Waals surface area contributed by atoms with Crippen LogP contribution < -0.4 is 11.0 Å². The second-order valence-corrected chi connectivity index (χ2v) is 7.13. The molecule has 0 spiro atoms. The maximum Gasteiger partial charge on any atom is 0.265 e. The van der Waals surface area contributed by atoms with Crippen molar-refractivity contribution in [1.29, 1.82) is 0 Å². The molecule has 1 heterocycles. The minimum Gasteiger partial charge on any atom is -0.494 e. The Bertz CT molecular complexity index is 1140. The molecule has 7 nitrogen and oxygen atoms in total. The number of pyridine rings is 1. The zero-order valence-corrected chi connectivity index (χ0v) is 16.8. The molecular weight excluding hydrogens is 392 g/mol. The quantitative estimate of drug-likeness (QED) is 0.481. The van der Waals surface area contributed by atoms with Crippen molar-refractivity contribution in [2.45, 2.75) is 6.42 Å². The van der Waals surface area contributed by atoms with Crippen molar-refractivity contribution >= 4 is 34.5 Å². The fourth-order valence-corrected chi connectivity index (χ4v) is 3.12. The second kappa shape index (κ2) is 8.89. The summed E-state index contributed by atoms with van der Waals surface area (Å²) >= 11 is 6.25. The predicted octanol–water partition coefficient (Wildman–Crippen LogP) is 2.75. The number of carbonyl (C=O) groups is 1. The van der Waals surface area contributed by atoms with Gasteiger partial charge >= 0.3 is 0 Å². The summed E-state index contributed by atoms with van der Waals surface area (Å²) in [5, 5.41) is 16.1. The number of hydrazone groups is 1. The van der Waals surface area contributed by atoms with Crippen LogP contribution in [0.1, 0.15) is 12.0 Å². The summed E-state index contributed by atoms with van der Waals surface area (Å²) in [5.41, 5.74) is 2.69. The van der Waals surface area contributed by atoms with E-state index in [1.54, 1.807) is 48.5 Å². The number of hydrogen-bond donors (Lipinski definition) is 2. The van der Waals surface area contributed by atoms with Crippen LogP contribution in [0.4, 0.5) is 0 Å². The van der Waals surface area contributed by atoms with Crippen LogP contribution in [0.3, 0.4) is 0 Å². The van der Waals surface area contributed by atoms with E-state index < -0.39 is 5.56 Å². The van der Waals surface area contributed by atoms with E-state index in [9.17, 15) is 14.7 Å². The number of rotatable bonds is 6. The summed E-state index contributed by atoms with van der Waals surface area (Å²) < 4.78 is 1.14. The lowest BCUT2D eigenvalue weighted by Crippen LogP contribution is -2.24. The molecule has 3 rings (SSSR count). The SMILES string of the molecule is CN(C)CCC(=O)N/N=C/c1c(O)n(-c2ccccc2Cl)c(=O)c2ccccc12. The van der Waals surface area contributed by atoms with Gasteiger partial charge in [-0.15, -0.1) is 0 Å². The molecule has 0 bridgehead atoms. The molecule has 0 aliphatic heterocycles. The Morgan fingerprint density at radius 2 is 1.83 bits per heavy atom. The molecule has 0 radical (unpaired) electrons. The average Bonchev–Trinajstić information content (AvgIpc) is 2.70. The minimum absolute atomic E-state index is 0.252. The van der Waals surface area contributed by atoms with Crippen molar-refractivity contribution < 1.29 is 9.90 Å². The smallest absolute Gasteiger partial charge is 0.265 e. The van der Waals surface area contributed by atoms with Crippen LogP contribution in [0.2, 0.25) is 5.02 Å². The maximum absolute atomic E-state index is 13.0. The number of halogens is 1. The lowest BCUT2D eigenvalue weighted by atomic mass is 10.1. The number of aromatic hydroxyl groups is 1. The number of aromatic nitrogens is 1. The van der Waals surface area contributed by atoms with Crippen molar-refractivity contribution in [2.24, 2.45) is 5.10 Å². The molecular formula is C21H21ClN4O3. The zero-order chi connectivity index (χ0) is 21.0. The molecule has 0 fully saturated rings. The molecule has 1 amide bonds. The molecule has 1 aromatic heterocycles. The van der Waals surface area contributed by atoms with Gasteiger partial charge in [0.25, 0.3) is 5.56 Å². The minimum atomic E-state index is -0.404.